The Kier molecular flexibility index (Phi) is 3.65. The molecule has 2 aromatic heterocycles. The van der Waals surface area contributed by atoms with Crippen LogP contribution in [0.1, 0.15) is 11.1 Å². The Hall–Kier alpha value is -3.43. The van der Waals surface area contributed by atoms with E-state index < -0.39 is 0 Å². The van der Waals surface area contributed by atoms with E-state index in [2.05, 4.69) is 73.0 Å². The van der Waals surface area contributed by atoms with Crippen LogP contribution in [0.3, 0.4) is 0 Å². The van der Waals surface area contributed by atoms with Gasteiger partial charge in [-0.3, -0.25) is 4.79 Å². The van der Waals surface area contributed by atoms with Crippen molar-refractivity contribution in [3.05, 3.63) is 100 Å². The number of nitrogens with zero attached hydrogens (tertiary/aromatic N) is 1. The second-order valence-corrected chi connectivity index (χ2v) is 9.07. The molecule has 0 bridgehead atoms. The molecule has 144 valence electrons. The zero-order chi connectivity index (χ0) is 20.4. The summed E-state index contributed by atoms with van der Waals surface area (Å²) in [5, 5.41) is 4.07. The number of hydrogen-bond donors (Lipinski definition) is 0. The minimum absolute atomic E-state index is 0.105. The van der Waals surface area contributed by atoms with Gasteiger partial charge in [-0.05, 0) is 68.4 Å². The van der Waals surface area contributed by atoms with E-state index in [1.165, 1.54) is 21.9 Å². The smallest absolute Gasteiger partial charge is 0.195 e. The molecule has 0 saturated heterocycles. The number of hydrogen-bond acceptors (Lipinski definition) is 2. The van der Waals surface area contributed by atoms with Crippen LogP contribution >= 0.6 is 11.3 Å². The minimum Gasteiger partial charge on any atom is -0.309 e. The molecule has 0 saturated carbocycles. The SMILES string of the molecule is Cc1ccc2c(c1)c1cc(C)ccc1n2-c1ccc2sc3ccccc3c(=O)c2c1. The fourth-order valence-electron chi connectivity index (χ4n) is 4.46. The Labute approximate surface area is 177 Å². The predicted octanol–water partition coefficient (Wildman–Crippen LogP) is 7.13. The maximum absolute atomic E-state index is 13.2. The van der Waals surface area contributed by atoms with Gasteiger partial charge >= 0.3 is 0 Å². The third kappa shape index (κ3) is 2.45. The molecule has 3 heteroatoms. The summed E-state index contributed by atoms with van der Waals surface area (Å²) in [4.78, 5) is 13.2. The molecule has 2 heterocycles. The van der Waals surface area contributed by atoms with Crippen molar-refractivity contribution in [2.45, 2.75) is 13.8 Å². The molecule has 4 aromatic carbocycles. The molecule has 2 nitrogen and oxygen atoms in total. The normalized spacial score (nSPS) is 11.8. The van der Waals surface area contributed by atoms with Gasteiger partial charge in [0.05, 0.1) is 11.0 Å². The topological polar surface area (TPSA) is 22.0 Å². The molecule has 0 aliphatic heterocycles. The zero-order valence-electron chi connectivity index (χ0n) is 16.8. The summed E-state index contributed by atoms with van der Waals surface area (Å²) in [5.74, 6) is 0. The average Bonchev–Trinajstić information content (AvgIpc) is 3.07. The third-order valence-corrected chi connectivity index (χ3v) is 7.05. The maximum Gasteiger partial charge on any atom is 0.195 e. The lowest BCUT2D eigenvalue weighted by Gasteiger charge is -2.10. The van der Waals surface area contributed by atoms with Crippen molar-refractivity contribution in [2.75, 3.05) is 0 Å². The summed E-state index contributed by atoms with van der Waals surface area (Å²) in [6, 6.07) is 27.3. The van der Waals surface area contributed by atoms with Crippen molar-refractivity contribution in [1.29, 1.82) is 0 Å². The standard InChI is InChI=1S/C27H19NOS/c1-16-7-10-23-20(13-16)21-14-17(2)8-11-24(21)28(23)18-9-12-26-22(15-18)27(29)19-5-3-4-6-25(19)30-26/h3-15H,1-2H3. The van der Waals surface area contributed by atoms with E-state index >= 15 is 0 Å². The average molecular weight is 406 g/mol. The summed E-state index contributed by atoms with van der Waals surface area (Å²) in [5.41, 5.74) is 5.95. The van der Waals surface area contributed by atoms with Gasteiger partial charge in [0.25, 0.3) is 0 Å². The highest BCUT2D eigenvalue weighted by Crippen LogP contribution is 2.34. The molecule has 0 atom stereocenters. The monoisotopic (exact) mass is 405 g/mol. The van der Waals surface area contributed by atoms with Gasteiger partial charge in [0.15, 0.2) is 5.43 Å². The van der Waals surface area contributed by atoms with E-state index in [4.69, 9.17) is 0 Å². The summed E-state index contributed by atoms with van der Waals surface area (Å²) < 4.78 is 4.34. The lowest BCUT2D eigenvalue weighted by Crippen LogP contribution is -2.02. The first-order chi connectivity index (χ1) is 14.6. The van der Waals surface area contributed by atoms with Crippen LogP contribution in [0.5, 0.6) is 0 Å². The molecule has 0 radical (unpaired) electrons. The molecule has 0 amide bonds. The zero-order valence-corrected chi connectivity index (χ0v) is 17.6. The molecule has 0 aliphatic carbocycles. The van der Waals surface area contributed by atoms with Crippen LogP contribution in [0.2, 0.25) is 0 Å². The minimum atomic E-state index is 0.105. The van der Waals surface area contributed by atoms with Crippen molar-refractivity contribution in [2.24, 2.45) is 0 Å². The van der Waals surface area contributed by atoms with Gasteiger partial charge in [-0.1, -0.05) is 35.4 Å². The highest BCUT2D eigenvalue weighted by molar-refractivity contribution is 7.24. The highest BCUT2D eigenvalue weighted by atomic mass is 32.1. The Bertz CT molecular complexity index is 1630. The molecule has 0 spiro atoms. The molecule has 0 fully saturated rings. The van der Waals surface area contributed by atoms with Crippen LogP contribution in [-0.2, 0) is 0 Å². The Morgan fingerprint density at radius 3 is 1.97 bits per heavy atom. The summed E-state index contributed by atoms with van der Waals surface area (Å²) in [7, 11) is 0. The first kappa shape index (κ1) is 17.4. The largest absolute Gasteiger partial charge is 0.309 e. The predicted molar refractivity (Wildman–Crippen MR) is 129 cm³/mol. The Morgan fingerprint density at radius 2 is 1.27 bits per heavy atom. The molecule has 6 aromatic rings. The van der Waals surface area contributed by atoms with Crippen LogP contribution in [-0.4, -0.2) is 4.57 Å². The molecule has 0 unspecified atom stereocenters. The number of rotatable bonds is 1. The highest BCUT2D eigenvalue weighted by Gasteiger charge is 2.14. The summed E-state index contributed by atoms with van der Waals surface area (Å²) in [6.45, 7) is 4.26. The Morgan fingerprint density at radius 1 is 0.633 bits per heavy atom. The fourth-order valence-corrected chi connectivity index (χ4v) is 5.51. The van der Waals surface area contributed by atoms with Crippen LogP contribution in [0.15, 0.2) is 83.7 Å². The van der Waals surface area contributed by atoms with Crippen LogP contribution in [0.25, 0.3) is 47.7 Å². The molecule has 0 N–H and O–H groups in total. The van der Waals surface area contributed by atoms with Gasteiger partial charge in [-0.15, -0.1) is 11.3 Å². The lowest BCUT2D eigenvalue weighted by atomic mass is 10.1. The number of aromatic nitrogens is 1. The van der Waals surface area contributed by atoms with Gasteiger partial charge in [0.2, 0.25) is 0 Å². The van der Waals surface area contributed by atoms with Crippen LogP contribution in [0.4, 0.5) is 0 Å². The van der Waals surface area contributed by atoms with Crippen molar-refractivity contribution in [1.82, 2.24) is 4.57 Å². The van der Waals surface area contributed by atoms with E-state index in [1.807, 2.05) is 24.3 Å². The second kappa shape index (κ2) is 6.28. The molecular weight excluding hydrogens is 386 g/mol. The van der Waals surface area contributed by atoms with Crippen molar-refractivity contribution in [3.8, 4) is 5.69 Å². The van der Waals surface area contributed by atoms with Crippen molar-refractivity contribution >= 4 is 53.3 Å². The number of fused-ring (bicyclic) bond motifs is 5. The quantitative estimate of drug-likeness (QED) is 0.267. The second-order valence-electron chi connectivity index (χ2n) is 7.98. The van der Waals surface area contributed by atoms with E-state index in [0.717, 1.165) is 36.9 Å². The maximum atomic E-state index is 13.2. The van der Waals surface area contributed by atoms with Gasteiger partial charge in [0.1, 0.15) is 0 Å². The van der Waals surface area contributed by atoms with Crippen molar-refractivity contribution < 1.29 is 0 Å². The number of benzene rings is 4. The van der Waals surface area contributed by atoms with E-state index in [9.17, 15) is 4.79 Å². The van der Waals surface area contributed by atoms with Crippen LogP contribution < -0.4 is 5.43 Å². The van der Waals surface area contributed by atoms with Gasteiger partial charge in [-0.2, -0.15) is 0 Å². The molecule has 30 heavy (non-hydrogen) atoms. The van der Waals surface area contributed by atoms with E-state index in [-0.39, 0.29) is 5.43 Å². The lowest BCUT2D eigenvalue weighted by molar-refractivity contribution is 1.18. The van der Waals surface area contributed by atoms with Gasteiger partial charge in [-0.25, -0.2) is 0 Å². The molecular formula is C27H19NOS. The third-order valence-electron chi connectivity index (χ3n) is 5.89. The first-order valence-corrected chi connectivity index (χ1v) is 10.9. The Balaban J connectivity index is 1.74. The molecule has 0 aliphatic rings. The first-order valence-electron chi connectivity index (χ1n) is 10.1. The molecule has 6 rings (SSSR count). The van der Waals surface area contributed by atoms with Crippen molar-refractivity contribution in [3.63, 3.8) is 0 Å². The van der Waals surface area contributed by atoms with Gasteiger partial charge in [0, 0.05) is 36.6 Å². The van der Waals surface area contributed by atoms with Crippen LogP contribution in [0, 0.1) is 13.8 Å². The number of aryl methyl sites for hydroxylation is 2. The summed E-state index contributed by atoms with van der Waals surface area (Å²) >= 11 is 1.67. The fraction of sp³-hybridized carbons (Fsp3) is 0.0741. The van der Waals surface area contributed by atoms with Gasteiger partial charge < -0.3 is 4.57 Å². The van der Waals surface area contributed by atoms with E-state index in [1.54, 1.807) is 11.3 Å². The van der Waals surface area contributed by atoms with E-state index in [0.29, 0.717) is 0 Å². The summed E-state index contributed by atoms with van der Waals surface area (Å²) in [6.07, 6.45) is 0.